The van der Waals surface area contributed by atoms with E-state index in [-0.39, 0.29) is 79.5 Å². The highest BCUT2D eigenvalue weighted by atomic mass is 16.2. The first-order valence-corrected chi connectivity index (χ1v) is 28.1. The first-order chi connectivity index (χ1) is 37.9. The highest BCUT2D eigenvalue weighted by Gasteiger charge is 2.45. The molecule has 7 atom stereocenters. The molecule has 6 amide bonds. The number of likely N-dealkylation sites (tertiary alicyclic amines) is 1. The number of carbonyl (C=O) groups is 6. The van der Waals surface area contributed by atoms with Crippen molar-refractivity contribution in [3.63, 3.8) is 0 Å². The van der Waals surface area contributed by atoms with Crippen LogP contribution in [0, 0.1) is 0 Å². The molecule has 18 heteroatoms. The number of amides is 6. The Hall–Kier alpha value is -7.44. The molecular weight excluding hydrogens is 985 g/mol. The van der Waals surface area contributed by atoms with Crippen LogP contribution in [0.3, 0.4) is 0 Å². The number of benzene rings is 4. The second-order valence-corrected chi connectivity index (χ2v) is 21.2. The molecular formula is C60H76N12O6. The van der Waals surface area contributed by atoms with Crippen molar-refractivity contribution in [3.8, 4) is 22.3 Å². The number of hydrogen-bond donors (Lipinski definition) is 6. The lowest BCUT2D eigenvalue weighted by Gasteiger charge is -2.39. The number of rotatable bonds is 21. The second-order valence-electron chi connectivity index (χ2n) is 21.2. The lowest BCUT2D eigenvalue weighted by atomic mass is 10.0. The van der Waals surface area contributed by atoms with E-state index in [9.17, 15) is 28.8 Å². The number of nitrogens with one attached hydrogen (secondary N) is 6. The first kappa shape index (κ1) is 55.3. The van der Waals surface area contributed by atoms with Crippen LogP contribution in [0.2, 0.25) is 0 Å². The highest BCUT2D eigenvalue weighted by Crippen LogP contribution is 2.40. The minimum absolute atomic E-state index is 0.0226. The Morgan fingerprint density at radius 3 is 1.87 bits per heavy atom. The van der Waals surface area contributed by atoms with Gasteiger partial charge < -0.3 is 50.8 Å². The van der Waals surface area contributed by atoms with Gasteiger partial charge in [-0.1, -0.05) is 97.8 Å². The van der Waals surface area contributed by atoms with Gasteiger partial charge >= 0.3 is 0 Å². The van der Waals surface area contributed by atoms with Gasteiger partial charge in [-0.25, -0.2) is 9.97 Å². The molecule has 3 fully saturated rings. The number of hydrogen-bond acceptors (Lipinski definition) is 10. The Morgan fingerprint density at radius 1 is 0.679 bits per heavy atom. The number of carbonyl (C=O) groups excluding carboxylic acids is 6. The number of aromatic amines is 2. The number of H-pyrrole nitrogens is 2. The Labute approximate surface area is 456 Å². The Morgan fingerprint density at radius 2 is 1.27 bits per heavy atom. The molecule has 6 N–H and O–H groups in total. The summed E-state index contributed by atoms with van der Waals surface area (Å²) in [5, 5.41) is 11.9. The zero-order valence-electron chi connectivity index (χ0n) is 45.7. The van der Waals surface area contributed by atoms with Gasteiger partial charge in [0.25, 0.3) is 0 Å². The molecule has 4 aromatic carbocycles. The van der Waals surface area contributed by atoms with Gasteiger partial charge in [0, 0.05) is 62.7 Å². The van der Waals surface area contributed by atoms with Crippen molar-refractivity contribution in [1.29, 1.82) is 0 Å². The quantitative estimate of drug-likeness (QED) is 0.0415. The molecule has 18 nitrogen and oxygen atoms in total. The molecule has 0 spiro atoms. The molecule has 0 bridgehead atoms. The van der Waals surface area contributed by atoms with Gasteiger partial charge in [0.2, 0.25) is 35.4 Å². The molecule has 412 valence electrons. The van der Waals surface area contributed by atoms with Gasteiger partial charge in [0.15, 0.2) is 0 Å². The lowest BCUT2D eigenvalue weighted by molar-refractivity contribution is -0.144. The van der Waals surface area contributed by atoms with Crippen LogP contribution in [-0.4, -0.2) is 152 Å². The molecule has 6 aromatic rings. The summed E-state index contributed by atoms with van der Waals surface area (Å²) in [5.74, 6) is 0.0691. The Bertz CT molecular complexity index is 3070. The standard InChI is InChI=1S/C60H76N12O6/c1-6-69(36-47(65-57(75)38(2)61-4)59(77)71-34-19-28-49(71)55-63-45-26-17-24-43(53(45)67-55)40-20-11-9-12-21-40)51(73)29-15-7-8-16-30-52(74)70-35-33-42-31-32-50(72(42)60(78)48(37-70)66-58(76)39(3)62-5)56-64-46-27-18-25-44(54(46)68-56)41-22-13-10-14-23-41/h9-14,17-18,20-27,38-39,42,47-50,61-62H,6-8,15-16,19,28-37H2,1-5H3,(H,63,67)(H,64,68)(H,65,75)(H,66,76)/t38-,39-,42+,47-,48-,49-,50-/m0/s1. The Kier molecular flexibility index (Phi) is 18.0. The summed E-state index contributed by atoms with van der Waals surface area (Å²) in [4.78, 5) is 108. The predicted octanol–water partition coefficient (Wildman–Crippen LogP) is 6.78. The number of para-hydroxylation sites is 2. The zero-order chi connectivity index (χ0) is 54.9. The molecule has 2 aromatic heterocycles. The molecule has 0 saturated carbocycles. The highest BCUT2D eigenvalue weighted by molar-refractivity contribution is 5.95. The van der Waals surface area contributed by atoms with E-state index >= 15 is 0 Å². The fourth-order valence-electron chi connectivity index (χ4n) is 11.5. The fourth-order valence-corrected chi connectivity index (χ4v) is 11.5. The maximum Gasteiger partial charge on any atom is 0.247 e. The van der Waals surface area contributed by atoms with Gasteiger partial charge in [0.05, 0.1) is 46.2 Å². The van der Waals surface area contributed by atoms with Crippen molar-refractivity contribution in [1.82, 2.24) is 60.8 Å². The van der Waals surface area contributed by atoms with Gasteiger partial charge in [-0.2, -0.15) is 0 Å². The van der Waals surface area contributed by atoms with Crippen LogP contribution in [-0.2, 0) is 28.8 Å². The van der Waals surface area contributed by atoms with E-state index in [1.54, 1.807) is 42.6 Å². The van der Waals surface area contributed by atoms with Crippen molar-refractivity contribution < 1.29 is 28.8 Å². The van der Waals surface area contributed by atoms with Crippen molar-refractivity contribution in [3.05, 3.63) is 109 Å². The van der Waals surface area contributed by atoms with Crippen LogP contribution >= 0.6 is 0 Å². The smallest absolute Gasteiger partial charge is 0.247 e. The van der Waals surface area contributed by atoms with Gasteiger partial charge in [-0.15, -0.1) is 0 Å². The van der Waals surface area contributed by atoms with Gasteiger partial charge in [-0.05, 0) is 103 Å². The van der Waals surface area contributed by atoms with Crippen LogP contribution in [0.4, 0.5) is 0 Å². The summed E-state index contributed by atoms with van der Waals surface area (Å²) >= 11 is 0. The van der Waals surface area contributed by atoms with E-state index in [1.807, 2.05) is 72.5 Å². The number of aromatic nitrogens is 4. The first-order valence-electron chi connectivity index (χ1n) is 28.1. The summed E-state index contributed by atoms with van der Waals surface area (Å²) in [5.41, 5.74) is 7.60. The molecule has 0 aliphatic carbocycles. The van der Waals surface area contributed by atoms with Crippen LogP contribution in [0.25, 0.3) is 44.3 Å². The average Bonchev–Trinajstić information content (AvgIpc) is 4.47. The number of imidazole rings is 2. The summed E-state index contributed by atoms with van der Waals surface area (Å²) in [6.45, 7) is 6.71. The summed E-state index contributed by atoms with van der Waals surface area (Å²) in [6.07, 6.45) is 6.64. The SMILES string of the molecule is CCN(C[C@H](NC(=O)[C@H](C)NC)C(=O)N1CCC[C@H]1c1nc2cccc(-c3ccccc3)c2[nH]1)C(=O)CCCCCCC(=O)N1CC[C@H]2CC[C@@H](c3nc4cccc(-c5ccccc5)c4[nH]3)N2C(=O)[C@@H](NC(=O)[C@H](C)NC)C1. The minimum atomic E-state index is -0.977. The minimum Gasteiger partial charge on any atom is -0.341 e. The maximum absolute atomic E-state index is 14.8. The van der Waals surface area contributed by atoms with Crippen molar-refractivity contribution in [2.45, 2.75) is 134 Å². The largest absolute Gasteiger partial charge is 0.341 e. The van der Waals surface area contributed by atoms with E-state index in [2.05, 4.69) is 67.6 Å². The molecule has 78 heavy (non-hydrogen) atoms. The number of fused-ring (bicyclic) bond motifs is 3. The average molecular weight is 1060 g/mol. The maximum atomic E-state index is 14.8. The molecule has 3 aliphatic rings. The van der Waals surface area contributed by atoms with Crippen LogP contribution in [0.5, 0.6) is 0 Å². The Balaban J connectivity index is 0.798. The number of likely N-dealkylation sites (N-methyl/N-ethyl adjacent to an activating group) is 3. The molecule has 0 radical (unpaired) electrons. The van der Waals surface area contributed by atoms with E-state index in [0.717, 1.165) is 57.2 Å². The van der Waals surface area contributed by atoms with Gasteiger partial charge in [-0.3, -0.25) is 28.8 Å². The molecule has 3 saturated heterocycles. The number of unbranched alkanes of at least 4 members (excludes halogenated alkanes) is 3. The van der Waals surface area contributed by atoms with E-state index in [0.29, 0.717) is 76.2 Å². The van der Waals surface area contributed by atoms with Crippen LogP contribution < -0.4 is 21.3 Å². The zero-order valence-corrected chi connectivity index (χ0v) is 45.7. The summed E-state index contributed by atoms with van der Waals surface area (Å²) in [7, 11) is 3.38. The van der Waals surface area contributed by atoms with Crippen molar-refractivity contribution in [2.24, 2.45) is 0 Å². The van der Waals surface area contributed by atoms with E-state index < -0.39 is 24.2 Å². The second kappa shape index (κ2) is 25.4. The van der Waals surface area contributed by atoms with Crippen LogP contribution in [0.15, 0.2) is 97.1 Å². The third-order valence-corrected chi connectivity index (χ3v) is 16.2. The molecule has 0 unspecified atom stereocenters. The number of nitrogens with zero attached hydrogens (tertiary/aromatic N) is 6. The lowest BCUT2D eigenvalue weighted by Crippen LogP contribution is -2.60. The topological polar surface area (TPSA) is 221 Å². The van der Waals surface area contributed by atoms with Crippen molar-refractivity contribution in [2.75, 3.05) is 46.8 Å². The normalized spacial score (nSPS) is 19.8. The van der Waals surface area contributed by atoms with E-state index in [4.69, 9.17) is 9.97 Å². The molecule has 9 rings (SSSR count). The van der Waals surface area contributed by atoms with Crippen LogP contribution in [0.1, 0.15) is 115 Å². The predicted molar refractivity (Wildman–Crippen MR) is 301 cm³/mol. The molecule has 5 heterocycles. The monoisotopic (exact) mass is 1060 g/mol. The van der Waals surface area contributed by atoms with E-state index in [1.165, 1.54) is 0 Å². The fraction of sp³-hybridized carbons (Fsp3) is 0.467. The van der Waals surface area contributed by atoms with Crippen molar-refractivity contribution >= 4 is 57.5 Å². The third-order valence-electron chi connectivity index (χ3n) is 16.2. The van der Waals surface area contributed by atoms with Gasteiger partial charge in [0.1, 0.15) is 23.7 Å². The molecule has 3 aliphatic heterocycles. The third kappa shape index (κ3) is 12.3. The summed E-state index contributed by atoms with van der Waals surface area (Å²) in [6, 6.07) is 28.4. The summed E-state index contributed by atoms with van der Waals surface area (Å²) < 4.78 is 0.